The highest BCUT2D eigenvalue weighted by Gasteiger charge is 2.37. The molecule has 0 N–H and O–H groups in total. The lowest BCUT2D eigenvalue weighted by Crippen LogP contribution is -2.57. The second-order valence-corrected chi connectivity index (χ2v) is 6.23. The topological polar surface area (TPSA) is 51.2 Å². The first-order valence-corrected chi connectivity index (χ1v) is 7.73. The van der Waals surface area contributed by atoms with Crippen molar-refractivity contribution in [3.05, 3.63) is 56.3 Å². The van der Waals surface area contributed by atoms with Gasteiger partial charge in [0.25, 0.3) is 11.6 Å². The summed E-state index contributed by atoms with van der Waals surface area (Å²) < 4.78 is 115. The smallest absolute Gasteiger partial charge is 0.264 e. The fourth-order valence-corrected chi connectivity index (χ4v) is 3.40. The molecule has 152 valence electrons. The lowest BCUT2D eigenvalue weighted by Gasteiger charge is -2.16. The van der Waals surface area contributed by atoms with E-state index < -0.39 is 101 Å². The molecule has 2 aromatic rings. The number of carbonyl (C=O) groups is 3. The summed E-state index contributed by atoms with van der Waals surface area (Å²) in [5.41, 5.74) is -1.26. The Morgan fingerprint density at radius 2 is 0.767 bits per heavy atom. The minimum atomic E-state index is -2.55. The highest BCUT2D eigenvalue weighted by Crippen LogP contribution is 2.26. The summed E-state index contributed by atoms with van der Waals surface area (Å²) in [5, 5.41) is -9.62. The van der Waals surface area contributed by atoms with Gasteiger partial charge in [0.1, 0.15) is 5.83 Å². The van der Waals surface area contributed by atoms with E-state index in [2.05, 4.69) is 6.58 Å². The molecule has 2 aliphatic carbocycles. The summed E-state index contributed by atoms with van der Waals surface area (Å²) in [7, 11) is 0. The van der Waals surface area contributed by atoms with Crippen molar-refractivity contribution in [3.63, 3.8) is 0 Å². The van der Waals surface area contributed by atoms with E-state index in [-0.39, 0.29) is 0 Å². The molecule has 0 radical (unpaired) electrons. The SMILES string of the molecule is C=C1C(=O)C(F)=c2c(c3c(c4c(F)c(F)c(F)c(F)c24)=C(F)C(=O)C(=O)C=3F)=C1F. The predicted octanol–water partition coefficient (Wildman–Crippen LogP) is 0.998. The summed E-state index contributed by atoms with van der Waals surface area (Å²) >= 11 is 0. The van der Waals surface area contributed by atoms with Gasteiger partial charge in [-0.1, -0.05) is 6.58 Å². The maximum absolute atomic E-state index is 14.8. The monoisotopic (exact) mass is 430 g/mol. The fourth-order valence-electron chi connectivity index (χ4n) is 3.40. The van der Waals surface area contributed by atoms with E-state index in [0.29, 0.717) is 0 Å². The van der Waals surface area contributed by atoms with Crippen LogP contribution in [0.3, 0.4) is 0 Å². The molecule has 3 nitrogen and oxygen atoms in total. The molecule has 0 fully saturated rings. The van der Waals surface area contributed by atoms with Crippen LogP contribution in [0.1, 0.15) is 0 Å². The van der Waals surface area contributed by atoms with Crippen LogP contribution in [-0.2, 0) is 14.4 Å². The van der Waals surface area contributed by atoms with Crippen molar-refractivity contribution >= 4 is 51.4 Å². The van der Waals surface area contributed by atoms with E-state index in [1.165, 1.54) is 0 Å². The Labute approximate surface area is 158 Å². The zero-order valence-electron chi connectivity index (χ0n) is 14.0. The normalized spacial score (nSPS) is 16.7. The molecule has 30 heavy (non-hydrogen) atoms. The van der Waals surface area contributed by atoms with Crippen LogP contribution in [0.15, 0.2) is 12.2 Å². The lowest BCUT2D eigenvalue weighted by atomic mass is 9.89. The molecule has 0 spiro atoms. The van der Waals surface area contributed by atoms with Crippen LogP contribution in [-0.4, -0.2) is 17.3 Å². The molecule has 0 bridgehead atoms. The molecule has 0 saturated carbocycles. The van der Waals surface area contributed by atoms with Gasteiger partial charge in [0.05, 0.1) is 5.57 Å². The van der Waals surface area contributed by atoms with Gasteiger partial charge in [0.15, 0.2) is 40.7 Å². The number of allylic oxidation sites excluding steroid dienone is 1. The maximum Gasteiger partial charge on any atom is 0.264 e. The number of hydrogen-bond donors (Lipinski definition) is 0. The zero-order valence-corrected chi connectivity index (χ0v) is 14.0. The third-order valence-corrected chi connectivity index (χ3v) is 4.74. The van der Waals surface area contributed by atoms with Crippen LogP contribution in [0.2, 0.25) is 0 Å². The molecule has 4 rings (SSSR count). The molecule has 0 heterocycles. The first-order chi connectivity index (χ1) is 13.9. The number of rotatable bonds is 0. The molecule has 0 unspecified atom stereocenters. The molecular weight excluding hydrogens is 428 g/mol. The van der Waals surface area contributed by atoms with Crippen molar-refractivity contribution in [2.24, 2.45) is 0 Å². The molecule has 0 aliphatic heterocycles. The summed E-state index contributed by atoms with van der Waals surface area (Å²) in [5.74, 6) is -24.5. The van der Waals surface area contributed by atoms with Crippen molar-refractivity contribution in [2.45, 2.75) is 0 Å². The van der Waals surface area contributed by atoms with Gasteiger partial charge in [-0.25, -0.2) is 35.1 Å². The Morgan fingerprint density at radius 3 is 1.20 bits per heavy atom. The molecule has 0 aromatic heterocycles. The molecule has 2 aromatic carbocycles. The van der Waals surface area contributed by atoms with E-state index in [0.717, 1.165) is 0 Å². The largest absolute Gasteiger partial charge is 0.286 e. The van der Waals surface area contributed by atoms with Crippen LogP contribution in [0.25, 0.3) is 34.1 Å². The Hall–Kier alpha value is -3.63. The van der Waals surface area contributed by atoms with Gasteiger partial charge in [-0.15, -0.1) is 0 Å². The zero-order chi connectivity index (χ0) is 22.4. The second-order valence-electron chi connectivity index (χ2n) is 6.23. The van der Waals surface area contributed by atoms with Crippen molar-refractivity contribution < 1.29 is 49.5 Å². The van der Waals surface area contributed by atoms with Gasteiger partial charge >= 0.3 is 0 Å². The minimum absolute atomic E-state index is 1.26. The van der Waals surface area contributed by atoms with Crippen LogP contribution in [0.4, 0.5) is 35.1 Å². The average molecular weight is 430 g/mol. The van der Waals surface area contributed by atoms with Gasteiger partial charge in [-0.2, -0.15) is 0 Å². The highest BCUT2D eigenvalue weighted by atomic mass is 19.2. The van der Waals surface area contributed by atoms with Gasteiger partial charge < -0.3 is 0 Å². The Bertz CT molecular complexity index is 1460. The number of benzene rings is 2. The van der Waals surface area contributed by atoms with E-state index in [1.807, 2.05) is 0 Å². The van der Waals surface area contributed by atoms with Crippen LogP contribution >= 0.6 is 0 Å². The number of ketones is 3. The van der Waals surface area contributed by atoms with E-state index >= 15 is 0 Å². The van der Waals surface area contributed by atoms with Gasteiger partial charge in [-0.3, -0.25) is 14.4 Å². The predicted molar refractivity (Wildman–Crippen MR) is 84.5 cm³/mol. The highest BCUT2D eigenvalue weighted by molar-refractivity contribution is 6.61. The van der Waals surface area contributed by atoms with Crippen LogP contribution < -0.4 is 20.9 Å². The molecule has 11 heteroatoms. The van der Waals surface area contributed by atoms with Crippen molar-refractivity contribution in [3.8, 4) is 0 Å². The van der Waals surface area contributed by atoms with Crippen LogP contribution in [0, 0.1) is 23.3 Å². The summed E-state index contributed by atoms with van der Waals surface area (Å²) in [4.78, 5) is 35.2. The summed E-state index contributed by atoms with van der Waals surface area (Å²) in [6, 6.07) is 0. The quantitative estimate of drug-likeness (QED) is 0.206. The van der Waals surface area contributed by atoms with Crippen molar-refractivity contribution in [2.75, 3.05) is 0 Å². The lowest BCUT2D eigenvalue weighted by molar-refractivity contribution is -0.131. The third-order valence-electron chi connectivity index (χ3n) is 4.74. The molecule has 0 atom stereocenters. The first-order valence-electron chi connectivity index (χ1n) is 7.73. The van der Waals surface area contributed by atoms with Crippen molar-refractivity contribution in [1.29, 1.82) is 0 Å². The number of fused-ring (bicyclic) bond motifs is 6. The number of halogens is 8. The first kappa shape index (κ1) is 19.7. The maximum atomic E-state index is 14.8. The van der Waals surface area contributed by atoms with Crippen molar-refractivity contribution in [1.82, 2.24) is 0 Å². The number of hydrogen-bond acceptors (Lipinski definition) is 3. The molecule has 0 amide bonds. The van der Waals surface area contributed by atoms with E-state index in [9.17, 15) is 49.5 Å². The average Bonchev–Trinajstić information content (AvgIpc) is 2.73. The fraction of sp³-hybridized carbons (Fsp3) is 0. The van der Waals surface area contributed by atoms with E-state index in [4.69, 9.17) is 0 Å². The molecular formula is C19H2F8O3. The Morgan fingerprint density at radius 1 is 0.433 bits per heavy atom. The second kappa shape index (κ2) is 5.94. The van der Waals surface area contributed by atoms with E-state index in [1.54, 1.807) is 0 Å². The van der Waals surface area contributed by atoms with Gasteiger partial charge in [-0.05, 0) is 0 Å². The number of carbonyl (C=O) groups excluding carboxylic acids is 3. The summed E-state index contributed by atoms with van der Waals surface area (Å²) in [6.45, 7) is 2.90. The van der Waals surface area contributed by atoms with Crippen LogP contribution in [0.5, 0.6) is 0 Å². The Kier molecular flexibility index (Phi) is 3.90. The van der Waals surface area contributed by atoms with Gasteiger partial charge in [0, 0.05) is 31.6 Å². The summed E-state index contributed by atoms with van der Waals surface area (Å²) in [6.07, 6.45) is 0. The molecule has 2 aliphatic rings. The third kappa shape index (κ3) is 2.06. The minimum Gasteiger partial charge on any atom is -0.286 e. The molecule has 0 saturated heterocycles. The standard InChI is InChI=1S/C19H2F8O3/c1-2-9(20)3-6(12(23)17(2)28)4-5(11(22)16(27)15(26)10(4)21)8-7(3)13(24)18(29)19(30)14(8)25/h1H2. The Balaban J connectivity index is 2.73. The van der Waals surface area contributed by atoms with Gasteiger partial charge in [0.2, 0.25) is 5.78 Å². The number of Topliss-reactive ketones (excluding diaryl/α,β-unsaturated/α-hetero) is 3.